The summed E-state index contributed by atoms with van der Waals surface area (Å²) in [4.78, 5) is 10.1. The largest absolute Gasteiger partial charge is 0.393 e. The molecule has 0 heterocycles. The lowest BCUT2D eigenvalue weighted by atomic mass is 9.89. The summed E-state index contributed by atoms with van der Waals surface area (Å²) in [5.74, 6) is 0. The van der Waals surface area contributed by atoms with Crippen LogP contribution in [0.3, 0.4) is 0 Å². The van der Waals surface area contributed by atoms with Crippen LogP contribution in [-0.2, 0) is 6.42 Å². The second-order valence-electron chi connectivity index (χ2n) is 4.45. The molecule has 1 aliphatic carbocycles. The first kappa shape index (κ1) is 12.0. The molecule has 0 aromatic heterocycles. The molecule has 0 amide bonds. The predicted molar refractivity (Wildman–Crippen MR) is 63.8 cm³/mol. The molecule has 0 atom stereocenters. The molecule has 1 aliphatic rings. The van der Waals surface area contributed by atoms with E-state index in [1.165, 1.54) is 12.1 Å². The number of aliphatic hydroxyl groups excluding tert-OH is 1. The van der Waals surface area contributed by atoms with E-state index in [9.17, 15) is 10.1 Å². The minimum Gasteiger partial charge on any atom is -0.393 e. The summed E-state index contributed by atoms with van der Waals surface area (Å²) in [7, 11) is 0. The third-order valence-corrected chi connectivity index (χ3v) is 3.11. The first-order valence-corrected chi connectivity index (χ1v) is 5.80. The molecule has 5 nitrogen and oxygen atoms in total. The van der Waals surface area contributed by atoms with Gasteiger partial charge in [0.2, 0.25) is 0 Å². The van der Waals surface area contributed by atoms with Gasteiger partial charge in [0.05, 0.1) is 11.0 Å². The predicted octanol–water partition coefficient (Wildman–Crippen LogP) is 1.25. The Morgan fingerprint density at radius 1 is 1.35 bits per heavy atom. The quantitative estimate of drug-likeness (QED) is 0.596. The second kappa shape index (κ2) is 5.25. The Labute approximate surface area is 99.6 Å². The summed E-state index contributed by atoms with van der Waals surface area (Å²) in [6.07, 6.45) is 2.39. The van der Waals surface area contributed by atoms with Crippen molar-refractivity contribution in [2.24, 2.45) is 0 Å². The minimum atomic E-state index is -0.391. The van der Waals surface area contributed by atoms with Crippen LogP contribution in [0.15, 0.2) is 24.3 Å². The van der Waals surface area contributed by atoms with Gasteiger partial charge < -0.3 is 10.4 Å². The molecule has 1 saturated carbocycles. The van der Waals surface area contributed by atoms with Crippen LogP contribution < -0.4 is 5.32 Å². The lowest BCUT2D eigenvalue weighted by molar-refractivity contribution is -0.384. The van der Waals surface area contributed by atoms with Crippen molar-refractivity contribution in [1.82, 2.24) is 5.32 Å². The lowest BCUT2D eigenvalue weighted by Crippen LogP contribution is -2.44. The summed E-state index contributed by atoms with van der Waals surface area (Å²) in [5.41, 5.74) is 1.21. The monoisotopic (exact) mass is 236 g/mol. The van der Waals surface area contributed by atoms with E-state index < -0.39 is 4.92 Å². The first-order chi connectivity index (χ1) is 8.15. The van der Waals surface area contributed by atoms with Crippen molar-refractivity contribution in [3.63, 3.8) is 0 Å². The molecule has 0 spiro atoms. The van der Waals surface area contributed by atoms with E-state index in [0.717, 1.165) is 31.4 Å². The third kappa shape index (κ3) is 3.25. The van der Waals surface area contributed by atoms with Crippen LogP contribution in [0.25, 0.3) is 0 Å². The Morgan fingerprint density at radius 3 is 2.53 bits per heavy atom. The van der Waals surface area contributed by atoms with Gasteiger partial charge >= 0.3 is 0 Å². The van der Waals surface area contributed by atoms with E-state index in [1.54, 1.807) is 12.1 Å². The van der Waals surface area contributed by atoms with E-state index in [1.807, 2.05) is 0 Å². The van der Waals surface area contributed by atoms with Gasteiger partial charge in [0.1, 0.15) is 0 Å². The van der Waals surface area contributed by atoms with Gasteiger partial charge in [0, 0.05) is 18.2 Å². The number of aliphatic hydroxyl groups is 1. The zero-order chi connectivity index (χ0) is 12.3. The average Bonchev–Trinajstić information content (AvgIpc) is 2.27. The van der Waals surface area contributed by atoms with E-state index >= 15 is 0 Å². The third-order valence-electron chi connectivity index (χ3n) is 3.11. The number of hydrogen-bond acceptors (Lipinski definition) is 4. The second-order valence-corrected chi connectivity index (χ2v) is 4.45. The van der Waals surface area contributed by atoms with Gasteiger partial charge in [-0.25, -0.2) is 0 Å². The van der Waals surface area contributed by atoms with Crippen LogP contribution in [0.2, 0.25) is 0 Å². The normalized spacial score (nSPS) is 23.1. The number of hydrogen-bond donors (Lipinski definition) is 2. The number of nitrogens with one attached hydrogen (secondary N) is 1. The molecule has 0 saturated heterocycles. The fourth-order valence-corrected chi connectivity index (χ4v) is 1.96. The van der Waals surface area contributed by atoms with Crippen molar-refractivity contribution in [2.75, 3.05) is 6.54 Å². The van der Waals surface area contributed by atoms with E-state index in [-0.39, 0.29) is 11.8 Å². The van der Waals surface area contributed by atoms with E-state index in [2.05, 4.69) is 5.32 Å². The molecular weight excluding hydrogens is 220 g/mol. The molecule has 2 rings (SSSR count). The number of nitrogens with zero attached hydrogens (tertiary/aromatic N) is 1. The highest BCUT2D eigenvalue weighted by molar-refractivity contribution is 5.32. The van der Waals surface area contributed by atoms with Crippen molar-refractivity contribution >= 4 is 5.69 Å². The number of benzene rings is 1. The molecule has 1 aromatic rings. The molecule has 0 unspecified atom stereocenters. The molecule has 1 aromatic carbocycles. The molecule has 17 heavy (non-hydrogen) atoms. The molecule has 0 aliphatic heterocycles. The van der Waals surface area contributed by atoms with Gasteiger partial charge in [0.25, 0.3) is 5.69 Å². The summed E-state index contributed by atoms with van der Waals surface area (Å²) in [6, 6.07) is 7.07. The lowest BCUT2D eigenvalue weighted by Gasteiger charge is -2.32. The van der Waals surface area contributed by atoms with Gasteiger partial charge in [-0.05, 0) is 31.4 Å². The summed E-state index contributed by atoms with van der Waals surface area (Å²) < 4.78 is 0. The maximum absolute atomic E-state index is 10.5. The average molecular weight is 236 g/mol. The van der Waals surface area contributed by atoms with Crippen molar-refractivity contribution in [3.05, 3.63) is 39.9 Å². The van der Waals surface area contributed by atoms with Crippen LogP contribution >= 0.6 is 0 Å². The Bertz CT molecular complexity index is 385. The van der Waals surface area contributed by atoms with Gasteiger partial charge in [0.15, 0.2) is 0 Å². The molecule has 92 valence electrons. The summed E-state index contributed by atoms with van der Waals surface area (Å²) in [5, 5.41) is 22.9. The maximum atomic E-state index is 10.5. The van der Waals surface area contributed by atoms with Crippen molar-refractivity contribution in [3.8, 4) is 0 Å². The van der Waals surface area contributed by atoms with Gasteiger partial charge in [-0.2, -0.15) is 0 Å². The molecule has 1 fully saturated rings. The SMILES string of the molecule is O=[N+]([O-])c1ccc(CCNC2CC(O)C2)cc1. The maximum Gasteiger partial charge on any atom is 0.269 e. The Kier molecular flexibility index (Phi) is 3.71. The Hall–Kier alpha value is -1.46. The molecule has 5 heteroatoms. The number of non-ortho nitro benzene ring substituents is 1. The van der Waals surface area contributed by atoms with Crippen LogP contribution in [0.4, 0.5) is 5.69 Å². The fraction of sp³-hybridized carbons (Fsp3) is 0.500. The zero-order valence-electron chi connectivity index (χ0n) is 9.50. The van der Waals surface area contributed by atoms with E-state index in [4.69, 9.17) is 5.11 Å². The van der Waals surface area contributed by atoms with Crippen molar-refractivity contribution < 1.29 is 10.0 Å². The van der Waals surface area contributed by atoms with Crippen molar-refractivity contribution in [2.45, 2.75) is 31.4 Å². The highest BCUT2D eigenvalue weighted by atomic mass is 16.6. The Morgan fingerprint density at radius 2 is 2.00 bits per heavy atom. The van der Waals surface area contributed by atoms with Crippen molar-refractivity contribution in [1.29, 1.82) is 0 Å². The number of rotatable bonds is 5. The summed E-state index contributed by atoms with van der Waals surface area (Å²) in [6.45, 7) is 0.842. The minimum absolute atomic E-state index is 0.129. The highest BCUT2D eigenvalue weighted by Crippen LogP contribution is 2.19. The number of nitro benzene ring substituents is 1. The smallest absolute Gasteiger partial charge is 0.269 e. The molecule has 0 radical (unpaired) electrons. The standard InChI is InChI=1S/C12H16N2O3/c15-12-7-10(8-12)13-6-5-9-1-3-11(4-2-9)14(16)17/h1-4,10,12-13,15H,5-8H2. The van der Waals surface area contributed by atoms with Crippen LogP contribution in [0.5, 0.6) is 0 Å². The van der Waals surface area contributed by atoms with Gasteiger partial charge in [-0.3, -0.25) is 10.1 Å². The van der Waals surface area contributed by atoms with Crippen LogP contribution in [0, 0.1) is 10.1 Å². The number of nitro groups is 1. The van der Waals surface area contributed by atoms with Gasteiger partial charge in [-0.15, -0.1) is 0 Å². The highest BCUT2D eigenvalue weighted by Gasteiger charge is 2.25. The first-order valence-electron chi connectivity index (χ1n) is 5.80. The van der Waals surface area contributed by atoms with Gasteiger partial charge in [-0.1, -0.05) is 12.1 Å². The van der Waals surface area contributed by atoms with Crippen LogP contribution in [-0.4, -0.2) is 28.7 Å². The molecular formula is C12H16N2O3. The molecule has 2 N–H and O–H groups in total. The van der Waals surface area contributed by atoms with E-state index in [0.29, 0.717) is 6.04 Å². The molecule has 0 bridgehead atoms. The fourth-order valence-electron chi connectivity index (χ4n) is 1.96. The zero-order valence-corrected chi connectivity index (χ0v) is 9.50. The van der Waals surface area contributed by atoms with Crippen LogP contribution in [0.1, 0.15) is 18.4 Å². The summed E-state index contributed by atoms with van der Waals surface area (Å²) >= 11 is 0. The topological polar surface area (TPSA) is 75.4 Å². The Balaban J connectivity index is 1.73.